The van der Waals surface area contributed by atoms with Gasteiger partial charge in [-0.05, 0) is 25.6 Å². The highest BCUT2D eigenvalue weighted by Crippen LogP contribution is 2.12. The zero-order valence-corrected chi connectivity index (χ0v) is 10.6. The van der Waals surface area contributed by atoms with Crippen LogP contribution in [0.5, 0.6) is 5.75 Å². The van der Waals surface area contributed by atoms with Gasteiger partial charge in [0.2, 0.25) is 0 Å². The minimum atomic E-state index is 0.365. The summed E-state index contributed by atoms with van der Waals surface area (Å²) in [5, 5.41) is 7.13. The van der Waals surface area contributed by atoms with E-state index < -0.39 is 0 Å². The predicted octanol–water partition coefficient (Wildman–Crippen LogP) is 2.07. The fraction of sp³-hybridized carbons (Fsp3) is 0.385. The molecule has 18 heavy (non-hydrogen) atoms. The van der Waals surface area contributed by atoms with Crippen LogP contribution in [0.1, 0.15) is 24.1 Å². The van der Waals surface area contributed by atoms with Crippen molar-refractivity contribution in [2.45, 2.75) is 27.0 Å². The molecule has 1 N–H and O–H groups in total. The molecule has 0 aliphatic carbocycles. The molecule has 2 rings (SSSR count). The van der Waals surface area contributed by atoms with E-state index in [4.69, 9.17) is 9.26 Å². The van der Waals surface area contributed by atoms with Crippen LogP contribution >= 0.6 is 0 Å². The van der Waals surface area contributed by atoms with Crippen molar-refractivity contribution in [1.82, 2.24) is 15.5 Å². The monoisotopic (exact) mass is 247 g/mol. The number of aryl methyl sites for hydroxylation is 1. The highest BCUT2D eigenvalue weighted by molar-refractivity contribution is 5.19. The summed E-state index contributed by atoms with van der Waals surface area (Å²) in [5.41, 5.74) is 1.85. The first-order valence-corrected chi connectivity index (χ1v) is 5.98. The van der Waals surface area contributed by atoms with Crippen LogP contribution in [-0.4, -0.2) is 16.7 Å². The number of pyridine rings is 1. The Hall–Kier alpha value is -1.88. The number of nitrogens with one attached hydrogen (secondary N) is 1. The third kappa shape index (κ3) is 3.56. The lowest BCUT2D eigenvalue weighted by molar-refractivity contribution is 0.247. The van der Waals surface area contributed by atoms with E-state index in [1.807, 2.05) is 25.1 Å². The summed E-state index contributed by atoms with van der Waals surface area (Å²) in [5.74, 6) is 1.44. The van der Waals surface area contributed by atoms with Crippen LogP contribution in [0.15, 0.2) is 28.9 Å². The van der Waals surface area contributed by atoms with Gasteiger partial charge < -0.3 is 14.6 Å². The first kappa shape index (κ1) is 12.6. The van der Waals surface area contributed by atoms with E-state index in [-0.39, 0.29) is 0 Å². The molecule has 0 aromatic carbocycles. The first-order valence-electron chi connectivity index (χ1n) is 5.98. The summed E-state index contributed by atoms with van der Waals surface area (Å²) < 4.78 is 10.7. The minimum Gasteiger partial charge on any atom is -0.484 e. The third-order valence-corrected chi connectivity index (χ3v) is 2.43. The summed E-state index contributed by atoms with van der Waals surface area (Å²) in [6, 6.07) is 5.69. The lowest BCUT2D eigenvalue weighted by Gasteiger charge is -2.02. The van der Waals surface area contributed by atoms with Gasteiger partial charge in [-0.2, -0.15) is 0 Å². The normalized spacial score (nSPS) is 10.6. The molecule has 0 radical (unpaired) electrons. The van der Waals surface area contributed by atoms with Crippen molar-refractivity contribution in [1.29, 1.82) is 0 Å². The quantitative estimate of drug-likeness (QED) is 0.846. The molecule has 2 aromatic rings. The highest BCUT2D eigenvalue weighted by Gasteiger charge is 2.04. The Morgan fingerprint density at radius 1 is 1.39 bits per heavy atom. The van der Waals surface area contributed by atoms with Crippen LogP contribution < -0.4 is 10.1 Å². The van der Waals surface area contributed by atoms with Gasteiger partial charge in [0, 0.05) is 18.3 Å². The fourth-order valence-electron chi connectivity index (χ4n) is 1.45. The Kier molecular flexibility index (Phi) is 4.30. The maximum absolute atomic E-state index is 5.55. The molecule has 5 heteroatoms. The van der Waals surface area contributed by atoms with Gasteiger partial charge in [-0.15, -0.1) is 0 Å². The molecular formula is C13H17N3O2. The summed E-state index contributed by atoms with van der Waals surface area (Å²) in [6.07, 6.45) is 1.70. The number of nitrogens with zero attached hydrogens (tertiary/aromatic N) is 2. The summed E-state index contributed by atoms with van der Waals surface area (Å²) in [7, 11) is 0. The summed E-state index contributed by atoms with van der Waals surface area (Å²) >= 11 is 0. The zero-order valence-electron chi connectivity index (χ0n) is 10.6. The largest absolute Gasteiger partial charge is 0.484 e. The lowest BCUT2D eigenvalue weighted by atomic mass is 10.3. The molecule has 2 heterocycles. The molecule has 0 spiro atoms. The number of hydrogen-bond donors (Lipinski definition) is 1. The van der Waals surface area contributed by atoms with Gasteiger partial charge >= 0.3 is 0 Å². The number of aromatic nitrogens is 2. The van der Waals surface area contributed by atoms with Crippen molar-refractivity contribution in [2.75, 3.05) is 6.54 Å². The Labute approximate surface area is 106 Å². The molecule has 0 aliphatic rings. The zero-order chi connectivity index (χ0) is 12.8. The number of rotatable bonds is 6. The van der Waals surface area contributed by atoms with E-state index in [0.29, 0.717) is 18.9 Å². The van der Waals surface area contributed by atoms with Gasteiger partial charge in [-0.25, -0.2) is 0 Å². The molecule has 0 saturated heterocycles. The molecule has 0 amide bonds. The molecule has 2 aromatic heterocycles. The molecular weight excluding hydrogens is 230 g/mol. The smallest absolute Gasteiger partial charge is 0.174 e. The van der Waals surface area contributed by atoms with Crippen molar-refractivity contribution in [3.05, 3.63) is 41.5 Å². The van der Waals surface area contributed by atoms with E-state index in [2.05, 4.69) is 22.4 Å². The molecule has 0 fully saturated rings. The van der Waals surface area contributed by atoms with E-state index in [0.717, 1.165) is 23.7 Å². The minimum absolute atomic E-state index is 0.365. The lowest BCUT2D eigenvalue weighted by Crippen LogP contribution is -2.11. The van der Waals surface area contributed by atoms with Crippen LogP contribution in [0, 0.1) is 6.92 Å². The predicted molar refractivity (Wildman–Crippen MR) is 67.2 cm³/mol. The van der Waals surface area contributed by atoms with Gasteiger partial charge in [-0.3, -0.25) is 4.98 Å². The molecule has 5 nitrogen and oxygen atoms in total. The highest BCUT2D eigenvalue weighted by atomic mass is 16.5. The van der Waals surface area contributed by atoms with E-state index in [1.165, 1.54) is 0 Å². The maximum Gasteiger partial charge on any atom is 0.174 e. The average Bonchev–Trinajstić information content (AvgIpc) is 2.84. The van der Waals surface area contributed by atoms with Crippen LogP contribution in [0.3, 0.4) is 0 Å². The molecule has 0 saturated carbocycles. The van der Waals surface area contributed by atoms with Crippen molar-refractivity contribution in [3.63, 3.8) is 0 Å². The van der Waals surface area contributed by atoms with Crippen LogP contribution in [0.25, 0.3) is 0 Å². The SMILES string of the molecule is CCNCc1cc(COc2ccc(C)nc2)on1. The van der Waals surface area contributed by atoms with Gasteiger partial charge in [0.25, 0.3) is 0 Å². The summed E-state index contributed by atoms with van der Waals surface area (Å²) in [4.78, 5) is 4.16. The Bertz CT molecular complexity index is 479. The second-order valence-corrected chi connectivity index (χ2v) is 3.99. The van der Waals surface area contributed by atoms with Gasteiger partial charge in [0.15, 0.2) is 5.76 Å². The van der Waals surface area contributed by atoms with E-state index >= 15 is 0 Å². The van der Waals surface area contributed by atoms with Crippen LogP contribution in [-0.2, 0) is 13.2 Å². The van der Waals surface area contributed by atoms with Crippen LogP contribution in [0.2, 0.25) is 0 Å². The Balaban J connectivity index is 1.86. The molecule has 0 aliphatic heterocycles. The van der Waals surface area contributed by atoms with Crippen molar-refractivity contribution in [2.24, 2.45) is 0 Å². The van der Waals surface area contributed by atoms with Gasteiger partial charge in [-0.1, -0.05) is 12.1 Å². The van der Waals surface area contributed by atoms with Crippen molar-refractivity contribution < 1.29 is 9.26 Å². The topological polar surface area (TPSA) is 60.2 Å². The van der Waals surface area contributed by atoms with E-state index in [9.17, 15) is 0 Å². The molecule has 0 bridgehead atoms. The second kappa shape index (κ2) is 6.16. The first-order chi connectivity index (χ1) is 8.78. The van der Waals surface area contributed by atoms with Crippen molar-refractivity contribution >= 4 is 0 Å². The molecule has 96 valence electrons. The van der Waals surface area contributed by atoms with E-state index in [1.54, 1.807) is 6.20 Å². The third-order valence-electron chi connectivity index (χ3n) is 2.43. The second-order valence-electron chi connectivity index (χ2n) is 3.99. The Morgan fingerprint density at radius 2 is 2.28 bits per heavy atom. The van der Waals surface area contributed by atoms with Gasteiger partial charge in [0.05, 0.1) is 11.9 Å². The van der Waals surface area contributed by atoms with Crippen molar-refractivity contribution in [3.8, 4) is 5.75 Å². The van der Waals surface area contributed by atoms with Crippen LogP contribution in [0.4, 0.5) is 0 Å². The summed E-state index contributed by atoms with van der Waals surface area (Å²) in [6.45, 7) is 5.98. The number of hydrogen-bond acceptors (Lipinski definition) is 5. The maximum atomic E-state index is 5.55. The number of ether oxygens (including phenoxy) is 1. The standard InChI is InChI=1S/C13H17N3O2/c1-3-14-7-11-6-13(18-16-11)9-17-12-5-4-10(2)15-8-12/h4-6,8,14H,3,7,9H2,1-2H3. The molecule has 0 unspecified atom stereocenters. The average molecular weight is 247 g/mol. The van der Waals surface area contributed by atoms with Gasteiger partial charge in [0.1, 0.15) is 12.4 Å². The Morgan fingerprint density at radius 3 is 3.00 bits per heavy atom. The fourth-order valence-corrected chi connectivity index (χ4v) is 1.45. The molecule has 0 atom stereocenters.